The smallest absolute Gasteiger partial charge is 0.322 e. The first-order chi connectivity index (χ1) is 10.1. The van der Waals surface area contributed by atoms with Crippen LogP contribution in [0, 0.1) is 5.92 Å². The van der Waals surface area contributed by atoms with Gasteiger partial charge in [-0.2, -0.15) is 0 Å². The van der Waals surface area contributed by atoms with Gasteiger partial charge in [-0.25, -0.2) is 0 Å². The number of carbonyl (C=O) groups excluding carboxylic acids is 2. The van der Waals surface area contributed by atoms with Gasteiger partial charge in [0.1, 0.15) is 5.76 Å². The first-order valence-corrected chi connectivity index (χ1v) is 9.06. The van der Waals surface area contributed by atoms with Crippen LogP contribution in [0.4, 0.5) is 0 Å². The number of fused-ring (bicyclic) bond motifs is 1. The van der Waals surface area contributed by atoms with Gasteiger partial charge in [0.2, 0.25) is 0 Å². The van der Waals surface area contributed by atoms with Crippen molar-refractivity contribution in [2.24, 2.45) is 5.92 Å². The fourth-order valence-corrected chi connectivity index (χ4v) is 2.46. The number of rotatable bonds is 2. The molecule has 122 valence electrons. The minimum atomic E-state index is -3.64. The van der Waals surface area contributed by atoms with Crippen molar-refractivity contribution in [1.29, 1.82) is 0 Å². The van der Waals surface area contributed by atoms with Gasteiger partial charge in [0, 0.05) is 18.3 Å². The van der Waals surface area contributed by atoms with Crippen molar-refractivity contribution < 1.29 is 28.7 Å². The molecule has 0 fully saturated rings. The summed E-state index contributed by atoms with van der Waals surface area (Å²) >= 11 is 0. The van der Waals surface area contributed by atoms with Gasteiger partial charge in [-0.15, -0.1) is 0 Å². The van der Waals surface area contributed by atoms with E-state index in [0.717, 1.165) is 36.2 Å². The lowest BCUT2D eigenvalue weighted by Crippen LogP contribution is -2.27. The van der Waals surface area contributed by atoms with Crippen LogP contribution in [-0.4, -0.2) is 28.2 Å². The van der Waals surface area contributed by atoms with Crippen molar-refractivity contribution in [3.05, 3.63) is 34.6 Å². The highest BCUT2D eigenvalue weighted by atomic mass is 31.2. The fourth-order valence-electron chi connectivity index (χ4n) is 2.46. The van der Waals surface area contributed by atoms with Crippen molar-refractivity contribution in [3.63, 3.8) is 0 Å². The van der Waals surface area contributed by atoms with Crippen molar-refractivity contribution in [1.82, 2.24) is 0 Å². The third-order valence-corrected chi connectivity index (χ3v) is 3.36. The molecule has 0 saturated carbocycles. The summed E-state index contributed by atoms with van der Waals surface area (Å²) in [5, 5.41) is 0. The Bertz CT molecular complexity index is 612. The van der Waals surface area contributed by atoms with E-state index < -0.39 is 7.60 Å². The molecule has 2 N–H and O–H groups in total. The summed E-state index contributed by atoms with van der Waals surface area (Å²) in [6, 6.07) is 0. The maximum Gasteiger partial charge on any atom is 0.322 e. The molecule has 0 spiro atoms. The molecular formula is C15H21O6P. The Morgan fingerprint density at radius 2 is 1.77 bits per heavy atom. The van der Waals surface area contributed by atoms with E-state index in [-0.39, 0.29) is 17.7 Å². The van der Waals surface area contributed by atoms with Crippen LogP contribution >= 0.6 is 7.60 Å². The van der Waals surface area contributed by atoms with Gasteiger partial charge in [0.25, 0.3) is 0 Å². The summed E-state index contributed by atoms with van der Waals surface area (Å²) in [5.74, 6) is -0.0897. The number of hydrogen-bond donors (Lipinski definition) is 2. The van der Waals surface area contributed by atoms with Crippen LogP contribution in [-0.2, 0) is 18.9 Å². The molecule has 6 nitrogen and oxygen atoms in total. The van der Waals surface area contributed by atoms with E-state index in [4.69, 9.17) is 14.5 Å². The maximum atomic E-state index is 11.8. The highest BCUT2D eigenvalue weighted by Gasteiger charge is 2.34. The second kappa shape index (κ2) is 7.18. The van der Waals surface area contributed by atoms with Gasteiger partial charge in [-0.3, -0.25) is 14.2 Å². The molecule has 0 amide bonds. The molecule has 22 heavy (non-hydrogen) atoms. The Kier molecular flexibility index (Phi) is 6.06. The van der Waals surface area contributed by atoms with E-state index >= 15 is 0 Å². The van der Waals surface area contributed by atoms with Crippen LogP contribution in [0.15, 0.2) is 34.6 Å². The summed E-state index contributed by atoms with van der Waals surface area (Å²) in [5.41, 5.74) is 2.95. The number of carbonyl (C=O) groups is 2. The Morgan fingerprint density at radius 3 is 2.23 bits per heavy atom. The van der Waals surface area contributed by atoms with Gasteiger partial charge < -0.3 is 14.5 Å². The number of ketones is 1. The quantitative estimate of drug-likeness (QED) is 0.596. The topological polar surface area (TPSA) is 101 Å². The summed E-state index contributed by atoms with van der Waals surface area (Å²) < 4.78 is 14.6. The number of hydrogen-bond acceptors (Lipinski definition) is 4. The number of allylic oxidation sites excluding steroid dienone is 3. The average Bonchev–Trinajstić information content (AvgIpc) is 2.35. The third kappa shape index (κ3) is 4.77. The van der Waals surface area contributed by atoms with E-state index in [1.807, 2.05) is 20.8 Å². The molecule has 2 rings (SSSR count). The molecule has 0 aromatic heterocycles. The normalized spacial score (nSPS) is 21.3. The van der Waals surface area contributed by atoms with Crippen LogP contribution in [0.5, 0.6) is 0 Å². The van der Waals surface area contributed by atoms with Crippen LogP contribution in [0.25, 0.3) is 0 Å². The van der Waals surface area contributed by atoms with Gasteiger partial charge >= 0.3 is 13.6 Å². The average molecular weight is 328 g/mol. The molecule has 1 unspecified atom stereocenters. The lowest BCUT2D eigenvalue weighted by molar-refractivity contribution is -0.143. The van der Waals surface area contributed by atoms with Crippen molar-refractivity contribution in [2.75, 3.05) is 6.66 Å². The van der Waals surface area contributed by atoms with E-state index in [2.05, 4.69) is 0 Å². The zero-order chi connectivity index (χ0) is 17.1. The largest absolute Gasteiger partial charge is 0.425 e. The highest BCUT2D eigenvalue weighted by molar-refractivity contribution is 7.50. The highest BCUT2D eigenvalue weighted by Crippen LogP contribution is 2.38. The Morgan fingerprint density at radius 1 is 1.23 bits per heavy atom. The van der Waals surface area contributed by atoms with Crippen LogP contribution in [0.3, 0.4) is 0 Å². The minimum absolute atomic E-state index is 0.101. The molecule has 1 aliphatic carbocycles. The van der Waals surface area contributed by atoms with E-state index in [1.165, 1.54) is 6.08 Å². The lowest BCUT2D eigenvalue weighted by atomic mass is 9.83. The van der Waals surface area contributed by atoms with Gasteiger partial charge in [0.15, 0.2) is 5.78 Å². The molecule has 0 saturated heterocycles. The molecule has 7 heteroatoms. The third-order valence-electron chi connectivity index (χ3n) is 3.36. The molecule has 1 aliphatic heterocycles. The summed E-state index contributed by atoms with van der Waals surface area (Å²) in [6.45, 7) is 6.78. The second-order valence-corrected chi connectivity index (χ2v) is 6.88. The van der Waals surface area contributed by atoms with E-state index in [1.54, 1.807) is 6.08 Å². The minimum Gasteiger partial charge on any atom is -0.425 e. The standard InChI is InChI=1S/C14H16O3.CH5O3P/c1-4-9-6-10(15)7-12-13(9)8(3)11(5-2)14(16)17-12;1-5(2,3)4/h6-7,11H,4-5H2,1-3H3;1H3,(H2,2,3,4). The molecular weight excluding hydrogens is 307 g/mol. The number of ether oxygens (including phenoxy) is 1. The van der Waals surface area contributed by atoms with Crippen molar-refractivity contribution in [2.45, 2.75) is 33.6 Å². The van der Waals surface area contributed by atoms with Crippen LogP contribution in [0.2, 0.25) is 0 Å². The van der Waals surface area contributed by atoms with Crippen molar-refractivity contribution in [3.8, 4) is 0 Å². The van der Waals surface area contributed by atoms with Crippen molar-refractivity contribution >= 4 is 19.3 Å². The van der Waals surface area contributed by atoms with E-state index in [9.17, 15) is 14.2 Å². The second-order valence-electron chi connectivity index (χ2n) is 5.21. The molecule has 1 atom stereocenters. The SMILES string of the molecule is CCC1=CC(=O)C=C2OC(=O)C(CC)C(C)=C12.CP(=O)(O)O. The Hall–Kier alpha value is -1.49. The zero-order valence-corrected chi connectivity index (χ0v) is 14.0. The maximum absolute atomic E-state index is 11.8. The Balaban J connectivity index is 0.000000422. The zero-order valence-electron chi connectivity index (χ0n) is 13.1. The summed E-state index contributed by atoms with van der Waals surface area (Å²) in [4.78, 5) is 38.5. The molecule has 2 aliphatic rings. The van der Waals surface area contributed by atoms with Gasteiger partial charge in [0.05, 0.1) is 5.92 Å². The summed E-state index contributed by atoms with van der Waals surface area (Å²) in [6.07, 6.45) is 4.53. The summed E-state index contributed by atoms with van der Waals surface area (Å²) in [7, 11) is -3.64. The fraction of sp³-hybridized carbons (Fsp3) is 0.467. The first-order valence-electron chi connectivity index (χ1n) is 7.00. The molecule has 0 bridgehead atoms. The van der Waals surface area contributed by atoms with Gasteiger partial charge in [-0.1, -0.05) is 13.8 Å². The monoisotopic (exact) mass is 328 g/mol. The van der Waals surface area contributed by atoms with E-state index in [0.29, 0.717) is 5.76 Å². The predicted molar refractivity (Wildman–Crippen MR) is 82.0 cm³/mol. The predicted octanol–water partition coefficient (Wildman–Crippen LogP) is 2.48. The molecule has 1 heterocycles. The molecule has 0 radical (unpaired) electrons. The lowest BCUT2D eigenvalue weighted by Gasteiger charge is -2.29. The Labute approximate surface area is 129 Å². The van der Waals surface area contributed by atoms with Crippen LogP contribution < -0.4 is 0 Å². The first kappa shape index (κ1) is 18.6. The molecule has 0 aromatic carbocycles. The van der Waals surface area contributed by atoms with Crippen LogP contribution in [0.1, 0.15) is 33.6 Å². The van der Waals surface area contributed by atoms with Gasteiger partial charge in [-0.05, 0) is 37.0 Å². The number of esters is 1. The molecule has 0 aromatic rings.